The van der Waals surface area contributed by atoms with E-state index < -0.39 is 0 Å². The lowest BCUT2D eigenvalue weighted by atomic mass is 10.2. The number of aromatic nitrogens is 2. The topological polar surface area (TPSA) is 56.2 Å². The van der Waals surface area contributed by atoms with E-state index in [9.17, 15) is 4.79 Å². The molecular formula is C20H20ClN3O2. The van der Waals surface area contributed by atoms with Crippen LogP contribution in [0.4, 0.5) is 0 Å². The summed E-state index contributed by atoms with van der Waals surface area (Å²) >= 11 is 5.89. The van der Waals surface area contributed by atoms with Gasteiger partial charge in [0.15, 0.2) is 0 Å². The van der Waals surface area contributed by atoms with Crippen LogP contribution in [-0.2, 0) is 13.2 Å². The minimum atomic E-state index is -0.142. The van der Waals surface area contributed by atoms with Gasteiger partial charge in [0.25, 0.3) is 5.91 Å². The molecule has 0 saturated carbocycles. The van der Waals surface area contributed by atoms with Gasteiger partial charge in [-0.1, -0.05) is 35.9 Å². The average molecular weight is 370 g/mol. The maximum Gasteiger partial charge on any atom is 0.255 e. The Balaban J connectivity index is 1.53. The number of para-hydroxylation sites is 1. The van der Waals surface area contributed by atoms with E-state index in [0.717, 1.165) is 18.5 Å². The molecule has 0 aliphatic rings. The SMILES string of the molecule is O=C(NCCCn1cccn1)c1ccccc1OCc1ccc(Cl)cc1. The number of halogens is 1. The smallest absolute Gasteiger partial charge is 0.255 e. The number of carbonyl (C=O) groups excluding carboxylic acids is 1. The van der Waals surface area contributed by atoms with Gasteiger partial charge < -0.3 is 10.1 Å². The first-order chi connectivity index (χ1) is 12.7. The number of benzene rings is 2. The molecular weight excluding hydrogens is 350 g/mol. The Morgan fingerprint density at radius 3 is 2.69 bits per heavy atom. The molecule has 1 heterocycles. The minimum Gasteiger partial charge on any atom is -0.488 e. The number of carbonyl (C=O) groups is 1. The van der Waals surface area contributed by atoms with Crippen LogP contribution in [0, 0.1) is 0 Å². The van der Waals surface area contributed by atoms with Crippen molar-refractivity contribution in [3.8, 4) is 5.75 Å². The first kappa shape index (κ1) is 18.0. The summed E-state index contributed by atoms with van der Waals surface area (Å²) in [5, 5.41) is 7.75. The number of hydrogen-bond acceptors (Lipinski definition) is 3. The third-order valence-electron chi connectivity index (χ3n) is 3.85. The molecule has 0 atom stereocenters. The molecule has 2 aromatic carbocycles. The van der Waals surface area contributed by atoms with Gasteiger partial charge in [0.1, 0.15) is 12.4 Å². The fraction of sp³-hybridized carbons (Fsp3) is 0.200. The summed E-state index contributed by atoms with van der Waals surface area (Å²) < 4.78 is 7.67. The lowest BCUT2D eigenvalue weighted by Crippen LogP contribution is -2.25. The predicted octanol–water partition coefficient (Wildman–Crippen LogP) is 3.94. The van der Waals surface area contributed by atoms with Crippen LogP contribution in [0.2, 0.25) is 5.02 Å². The lowest BCUT2D eigenvalue weighted by molar-refractivity contribution is 0.0948. The summed E-state index contributed by atoms with van der Waals surface area (Å²) in [6.07, 6.45) is 4.45. The van der Waals surface area contributed by atoms with Crippen molar-refractivity contribution in [2.75, 3.05) is 6.54 Å². The molecule has 0 unspecified atom stereocenters. The number of nitrogens with one attached hydrogen (secondary N) is 1. The standard InChI is InChI=1S/C20H20ClN3O2/c21-17-9-7-16(8-10-17)15-26-19-6-2-1-5-18(19)20(25)22-11-3-13-24-14-4-12-23-24/h1-2,4-10,12,14H,3,11,13,15H2,(H,22,25). The maximum absolute atomic E-state index is 12.5. The van der Waals surface area contributed by atoms with Crippen molar-refractivity contribution in [1.29, 1.82) is 0 Å². The molecule has 6 heteroatoms. The third kappa shape index (κ3) is 5.10. The van der Waals surface area contributed by atoms with E-state index in [1.165, 1.54) is 0 Å². The first-order valence-corrected chi connectivity index (χ1v) is 8.82. The number of amides is 1. The molecule has 1 aromatic heterocycles. The fourth-order valence-electron chi connectivity index (χ4n) is 2.49. The second-order valence-corrected chi connectivity index (χ2v) is 6.23. The van der Waals surface area contributed by atoms with Crippen LogP contribution < -0.4 is 10.1 Å². The highest BCUT2D eigenvalue weighted by Crippen LogP contribution is 2.20. The predicted molar refractivity (Wildman–Crippen MR) is 101 cm³/mol. The third-order valence-corrected chi connectivity index (χ3v) is 4.10. The van der Waals surface area contributed by atoms with Crippen LogP contribution in [0.3, 0.4) is 0 Å². The number of rotatable bonds is 8. The molecule has 1 N–H and O–H groups in total. The molecule has 0 radical (unpaired) electrons. The molecule has 0 saturated heterocycles. The zero-order chi connectivity index (χ0) is 18.2. The summed E-state index contributed by atoms with van der Waals surface area (Å²) in [7, 11) is 0. The molecule has 0 bridgehead atoms. The van der Waals surface area contributed by atoms with Crippen LogP contribution in [0.5, 0.6) is 5.75 Å². The summed E-state index contributed by atoms with van der Waals surface area (Å²) in [6, 6.07) is 16.6. The number of hydrogen-bond donors (Lipinski definition) is 1. The van der Waals surface area contributed by atoms with Crippen molar-refractivity contribution in [3.05, 3.63) is 83.1 Å². The Hall–Kier alpha value is -2.79. The van der Waals surface area contributed by atoms with Gasteiger partial charge in [0.2, 0.25) is 0 Å². The van der Waals surface area contributed by atoms with Crippen molar-refractivity contribution in [2.45, 2.75) is 19.6 Å². The summed E-state index contributed by atoms with van der Waals surface area (Å²) in [6.45, 7) is 1.72. The number of ether oxygens (including phenoxy) is 1. The van der Waals surface area contributed by atoms with Crippen molar-refractivity contribution in [1.82, 2.24) is 15.1 Å². The van der Waals surface area contributed by atoms with Gasteiger partial charge in [0, 0.05) is 30.5 Å². The van der Waals surface area contributed by atoms with Crippen LogP contribution in [-0.4, -0.2) is 22.2 Å². The highest BCUT2D eigenvalue weighted by Gasteiger charge is 2.11. The van der Waals surface area contributed by atoms with E-state index in [0.29, 0.717) is 29.5 Å². The Morgan fingerprint density at radius 2 is 1.92 bits per heavy atom. The van der Waals surface area contributed by atoms with Crippen LogP contribution in [0.15, 0.2) is 67.0 Å². The van der Waals surface area contributed by atoms with Gasteiger partial charge in [-0.15, -0.1) is 0 Å². The zero-order valence-corrected chi connectivity index (χ0v) is 15.0. The number of nitrogens with zero attached hydrogens (tertiary/aromatic N) is 2. The molecule has 0 spiro atoms. The van der Waals surface area contributed by atoms with Gasteiger partial charge in [-0.25, -0.2) is 0 Å². The van der Waals surface area contributed by atoms with Gasteiger partial charge in [0.05, 0.1) is 5.56 Å². The highest BCUT2D eigenvalue weighted by atomic mass is 35.5. The summed E-state index contributed by atoms with van der Waals surface area (Å²) in [5.74, 6) is 0.421. The Morgan fingerprint density at radius 1 is 1.12 bits per heavy atom. The maximum atomic E-state index is 12.5. The molecule has 3 rings (SSSR count). The molecule has 0 fully saturated rings. The Bertz CT molecular complexity index is 833. The molecule has 134 valence electrons. The quantitative estimate of drug-likeness (QED) is 0.612. The van der Waals surface area contributed by atoms with Crippen LogP contribution >= 0.6 is 11.6 Å². The van der Waals surface area contributed by atoms with E-state index in [4.69, 9.17) is 16.3 Å². The van der Waals surface area contributed by atoms with E-state index in [1.54, 1.807) is 18.3 Å². The van der Waals surface area contributed by atoms with Gasteiger partial charge in [-0.05, 0) is 42.3 Å². The Kier molecular flexibility index (Phi) is 6.28. The molecule has 26 heavy (non-hydrogen) atoms. The second kappa shape index (κ2) is 9.06. The fourth-order valence-corrected chi connectivity index (χ4v) is 2.62. The van der Waals surface area contributed by atoms with Crippen LogP contribution in [0.25, 0.3) is 0 Å². The molecule has 0 aliphatic heterocycles. The van der Waals surface area contributed by atoms with E-state index in [2.05, 4.69) is 10.4 Å². The van der Waals surface area contributed by atoms with Crippen LogP contribution in [0.1, 0.15) is 22.3 Å². The van der Waals surface area contributed by atoms with Gasteiger partial charge in [-0.2, -0.15) is 5.10 Å². The summed E-state index contributed by atoms with van der Waals surface area (Å²) in [5.41, 5.74) is 1.52. The lowest BCUT2D eigenvalue weighted by Gasteiger charge is -2.12. The monoisotopic (exact) mass is 369 g/mol. The normalized spacial score (nSPS) is 10.5. The van der Waals surface area contributed by atoms with Crippen molar-refractivity contribution in [3.63, 3.8) is 0 Å². The second-order valence-electron chi connectivity index (χ2n) is 5.79. The first-order valence-electron chi connectivity index (χ1n) is 8.44. The minimum absolute atomic E-state index is 0.142. The highest BCUT2D eigenvalue weighted by molar-refractivity contribution is 6.30. The Labute approximate surface area is 157 Å². The summed E-state index contributed by atoms with van der Waals surface area (Å²) in [4.78, 5) is 12.5. The van der Waals surface area contributed by atoms with Crippen molar-refractivity contribution in [2.24, 2.45) is 0 Å². The van der Waals surface area contributed by atoms with E-state index in [-0.39, 0.29) is 5.91 Å². The molecule has 3 aromatic rings. The zero-order valence-electron chi connectivity index (χ0n) is 14.3. The van der Waals surface area contributed by atoms with Gasteiger partial charge >= 0.3 is 0 Å². The number of aryl methyl sites for hydroxylation is 1. The largest absolute Gasteiger partial charge is 0.488 e. The van der Waals surface area contributed by atoms with E-state index in [1.807, 2.05) is 53.3 Å². The van der Waals surface area contributed by atoms with Crippen molar-refractivity contribution < 1.29 is 9.53 Å². The van der Waals surface area contributed by atoms with Gasteiger partial charge in [-0.3, -0.25) is 9.48 Å². The molecule has 0 aliphatic carbocycles. The molecule has 1 amide bonds. The molecule has 5 nitrogen and oxygen atoms in total. The van der Waals surface area contributed by atoms with Crippen molar-refractivity contribution >= 4 is 17.5 Å². The average Bonchev–Trinajstić information content (AvgIpc) is 3.18. The van der Waals surface area contributed by atoms with E-state index >= 15 is 0 Å².